The number of esters is 1. The highest BCUT2D eigenvalue weighted by molar-refractivity contribution is 9.10. The zero-order valence-electron chi connectivity index (χ0n) is 19.1. The van der Waals surface area contributed by atoms with Gasteiger partial charge in [-0.05, 0) is 44.5 Å². The van der Waals surface area contributed by atoms with Crippen LogP contribution < -0.4 is 19.6 Å². The van der Waals surface area contributed by atoms with Gasteiger partial charge in [-0.1, -0.05) is 57.1 Å². The van der Waals surface area contributed by atoms with E-state index >= 15 is 0 Å². The predicted molar refractivity (Wildman–Crippen MR) is 134 cm³/mol. The summed E-state index contributed by atoms with van der Waals surface area (Å²) in [4.78, 5) is 31.6. The molecule has 0 aliphatic carbocycles. The maximum atomic E-state index is 13.6. The number of thiazole rings is 1. The molecule has 0 saturated heterocycles. The summed E-state index contributed by atoms with van der Waals surface area (Å²) in [5.41, 5.74) is 2.78. The molecule has 9 heteroatoms. The molecular formula is C25H23BrN2O5S. The van der Waals surface area contributed by atoms with Crippen LogP contribution in [0.3, 0.4) is 0 Å². The summed E-state index contributed by atoms with van der Waals surface area (Å²) in [7, 11) is 1.46. The summed E-state index contributed by atoms with van der Waals surface area (Å²) in [6.45, 7) is 5.67. The molecule has 1 aromatic heterocycles. The molecule has 0 fully saturated rings. The summed E-state index contributed by atoms with van der Waals surface area (Å²) in [5.74, 6) is -0.292. The number of allylic oxidation sites excluding steroid dienone is 1. The molecule has 176 valence electrons. The van der Waals surface area contributed by atoms with E-state index in [2.05, 4.69) is 20.9 Å². The third kappa shape index (κ3) is 4.33. The first-order valence-electron chi connectivity index (χ1n) is 10.6. The Morgan fingerprint density at radius 1 is 1.26 bits per heavy atom. The quantitative estimate of drug-likeness (QED) is 0.497. The van der Waals surface area contributed by atoms with E-state index in [1.165, 1.54) is 23.0 Å². The van der Waals surface area contributed by atoms with Gasteiger partial charge in [-0.15, -0.1) is 0 Å². The van der Waals surface area contributed by atoms with Gasteiger partial charge in [0.15, 0.2) is 16.3 Å². The van der Waals surface area contributed by atoms with Crippen LogP contribution in [-0.2, 0) is 9.53 Å². The molecule has 0 bridgehead atoms. The van der Waals surface area contributed by atoms with E-state index in [1.54, 1.807) is 32.1 Å². The molecule has 4 rings (SSSR count). The summed E-state index contributed by atoms with van der Waals surface area (Å²) < 4.78 is 13.1. The van der Waals surface area contributed by atoms with Crippen LogP contribution in [0.5, 0.6) is 11.5 Å². The zero-order valence-corrected chi connectivity index (χ0v) is 21.5. The number of hydrogen-bond donors (Lipinski definition) is 1. The Morgan fingerprint density at radius 2 is 1.97 bits per heavy atom. The Kier molecular flexibility index (Phi) is 6.77. The molecule has 1 N–H and O–H groups in total. The molecule has 7 nitrogen and oxygen atoms in total. The number of hydrogen-bond acceptors (Lipinski definition) is 7. The molecule has 0 unspecified atom stereocenters. The molecule has 1 aliphatic heterocycles. The van der Waals surface area contributed by atoms with E-state index in [0.717, 1.165) is 11.1 Å². The number of aromatic hydroxyl groups is 1. The number of halogens is 1. The van der Waals surface area contributed by atoms with Gasteiger partial charge in [0.05, 0.1) is 35.6 Å². The van der Waals surface area contributed by atoms with Gasteiger partial charge < -0.3 is 14.6 Å². The van der Waals surface area contributed by atoms with Crippen molar-refractivity contribution in [2.75, 3.05) is 13.7 Å². The maximum absolute atomic E-state index is 13.6. The van der Waals surface area contributed by atoms with Gasteiger partial charge >= 0.3 is 5.97 Å². The van der Waals surface area contributed by atoms with E-state index in [0.29, 0.717) is 30.6 Å². The standard InChI is InChI=1S/C25H23BrN2O5S/c1-5-33-24(31)20-14(3)27-25-28(21(20)15-8-6-13(2)7-9-15)23(30)19(34-25)11-16-10-17(26)12-18(32-4)22(16)29/h6-12,21,29H,5H2,1-4H3/b19-11+/t21-/m1/s1. The minimum absolute atomic E-state index is 0.0741. The number of phenols is 1. The molecule has 0 spiro atoms. The number of aryl methyl sites for hydroxylation is 1. The molecule has 1 aliphatic rings. The number of rotatable bonds is 5. The Bertz CT molecular complexity index is 1490. The molecule has 0 radical (unpaired) electrons. The first-order chi connectivity index (χ1) is 16.2. The lowest BCUT2D eigenvalue weighted by atomic mass is 9.95. The second kappa shape index (κ2) is 9.60. The third-order valence-electron chi connectivity index (χ3n) is 5.49. The topological polar surface area (TPSA) is 90.1 Å². The van der Waals surface area contributed by atoms with Crippen LogP contribution in [0.15, 0.2) is 61.9 Å². The normalized spacial score (nSPS) is 15.7. The highest BCUT2D eigenvalue weighted by atomic mass is 79.9. The van der Waals surface area contributed by atoms with E-state index in [1.807, 2.05) is 31.2 Å². The average molecular weight is 543 g/mol. The molecule has 34 heavy (non-hydrogen) atoms. The SMILES string of the molecule is CCOC(=O)C1=C(C)N=c2s/c(=C/c3cc(Br)cc(OC)c3O)c(=O)n2[C@@H]1c1ccc(C)cc1. The fraction of sp³-hybridized carbons (Fsp3) is 0.240. The number of benzene rings is 2. The minimum atomic E-state index is -0.677. The highest BCUT2D eigenvalue weighted by Crippen LogP contribution is 2.34. The fourth-order valence-corrected chi connectivity index (χ4v) is 5.35. The van der Waals surface area contributed by atoms with E-state index in [9.17, 15) is 14.7 Å². The van der Waals surface area contributed by atoms with Crippen molar-refractivity contribution in [3.63, 3.8) is 0 Å². The minimum Gasteiger partial charge on any atom is -0.504 e. The van der Waals surface area contributed by atoms with Crippen LogP contribution in [0.25, 0.3) is 6.08 Å². The van der Waals surface area contributed by atoms with Crippen molar-refractivity contribution in [2.24, 2.45) is 4.99 Å². The van der Waals surface area contributed by atoms with Crippen molar-refractivity contribution in [3.05, 3.63) is 88.5 Å². The van der Waals surface area contributed by atoms with Gasteiger partial charge in [0.2, 0.25) is 0 Å². The number of carbonyl (C=O) groups excluding carboxylic acids is 1. The average Bonchev–Trinajstić information content (AvgIpc) is 3.10. The van der Waals surface area contributed by atoms with Crippen molar-refractivity contribution in [2.45, 2.75) is 26.8 Å². The van der Waals surface area contributed by atoms with Gasteiger partial charge in [0, 0.05) is 10.0 Å². The summed E-state index contributed by atoms with van der Waals surface area (Å²) in [6, 6.07) is 10.3. The first-order valence-corrected chi connectivity index (χ1v) is 12.2. The number of carbonyl (C=O) groups is 1. The van der Waals surface area contributed by atoms with Crippen molar-refractivity contribution in [1.29, 1.82) is 0 Å². The van der Waals surface area contributed by atoms with Crippen LogP contribution in [0.1, 0.15) is 36.6 Å². The maximum Gasteiger partial charge on any atom is 0.338 e. The lowest BCUT2D eigenvalue weighted by Gasteiger charge is -2.24. The zero-order chi connectivity index (χ0) is 24.6. The predicted octanol–water partition coefficient (Wildman–Crippen LogP) is 3.58. The first kappa shape index (κ1) is 24.0. The van der Waals surface area contributed by atoms with Crippen molar-refractivity contribution >= 4 is 39.3 Å². The molecule has 2 aromatic carbocycles. The number of methoxy groups -OCH3 is 1. The Morgan fingerprint density at radius 3 is 2.62 bits per heavy atom. The largest absolute Gasteiger partial charge is 0.504 e. The van der Waals surface area contributed by atoms with E-state index in [-0.39, 0.29) is 23.7 Å². The lowest BCUT2D eigenvalue weighted by molar-refractivity contribution is -0.139. The molecule has 0 amide bonds. The van der Waals surface area contributed by atoms with Crippen molar-refractivity contribution in [3.8, 4) is 11.5 Å². The fourth-order valence-electron chi connectivity index (χ4n) is 3.86. The Hall–Kier alpha value is -3.17. The number of aromatic nitrogens is 1. The highest BCUT2D eigenvalue weighted by Gasteiger charge is 2.33. The van der Waals surface area contributed by atoms with E-state index in [4.69, 9.17) is 9.47 Å². The second-order valence-corrected chi connectivity index (χ2v) is 9.68. The molecule has 3 aromatic rings. The van der Waals surface area contributed by atoms with E-state index < -0.39 is 12.0 Å². The van der Waals surface area contributed by atoms with Gasteiger partial charge in [-0.2, -0.15) is 0 Å². The van der Waals surface area contributed by atoms with Gasteiger partial charge in [0.25, 0.3) is 5.56 Å². The van der Waals surface area contributed by atoms with Gasteiger partial charge in [0.1, 0.15) is 0 Å². The summed E-state index contributed by atoms with van der Waals surface area (Å²) in [6.07, 6.45) is 1.60. The smallest absolute Gasteiger partial charge is 0.338 e. The van der Waals surface area contributed by atoms with Crippen LogP contribution in [0, 0.1) is 6.92 Å². The molecule has 2 heterocycles. The second-order valence-electron chi connectivity index (χ2n) is 7.76. The number of fused-ring (bicyclic) bond motifs is 1. The Labute approximate surface area is 208 Å². The summed E-state index contributed by atoms with van der Waals surface area (Å²) >= 11 is 4.59. The van der Waals surface area contributed by atoms with Crippen LogP contribution >= 0.6 is 27.3 Å². The van der Waals surface area contributed by atoms with Gasteiger partial charge in [-0.25, -0.2) is 9.79 Å². The summed E-state index contributed by atoms with van der Waals surface area (Å²) in [5, 5.41) is 10.6. The number of ether oxygens (including phenoxy) is 2. The van der Waals surface area contributed by atoms with Crippen LogP contribution in [0.2, 0.25) is 0 Å². The molecule has 1 atom stereocenters. The number of nitrogens with zero attached hydrogens (tertiary/aromatic N) is 2. The number of phenolic OH excluding ortho intramolecular Hbond substituents is 1. The molecule has 0 saturated carbocycles. The monoisotopic (exact) mass is 542 g/mol. The molecular weight excluding hydrogens is 520 g/mol. The van der Waals surface area contributed by atoms with Crippen molar-refractivity contribution in [1.82, 2.24) is 4.57 Å². The Balaban J connectivity index is 1.97. The van der Waals surface area contributed by atoms with Crippen LogP contribution in [0.4, 0.5) is 0 Å². The van der Waals surface area contributed by atoms with Crippen molar-refractivity contribution < 1.29 is 19.4 Å². The van der Waals surface area contributed by atoms with Gasteiger partial charge in [-0.3, -0.25) is 9.36 Å². The third-order valence-corrected chi connectivity index (χ3v) is 6.93. The lowest BCUT2D eigenvalue weighted by Crippen LogP contribution is -2.39. The van der Waals surface area contributed by atoms with Crippen LogP contribution in [-0.4, -0.2) is 29.4 Å².